The average molecular weight is 316 g/mol. The molecular weight excluding hydrogens is 268 g/mol. The van der Waals surface area contributed by atoms with Crippen LogP contribution in [-0.4, -0.2) is 37.2 Å². The summed E-state index contributed by atoms with van der Waals surface area (Å²) < 4.78 is 1.28. The maximum atomic E-state index is 5.42. The van der Waals surface area contributed by atoms with Crippen molar-refractivity contribution in [3.8, 4) is 0 Å². The summed E-state index contributed by atoms with van der Waals surface area (Å²) in [6, 6.07) is 0. The van der Waals surface area contributed by atoms with Crippen LogP contribution in [-0.2, 0) is 0 Å². The molecule has 0 aliphatic rings. The molecule has 2 N–H and O–H groups in total. The zero-order chi connectivity index (χ0) is 17.3. The maximum Gasteiger partial charge on any atom is 0.0757 e. The minimum atomic E-state index is 0.868. The molecule has 0 spiro atoms. The molecule has 0 aliphatic carbocycles. The average Bonchev–Trinajstić information content (AvgIpc) is 2.53. The summed E-state index contributed by atoms with van der Waals surface area (Å²) in [5.74, 6) is 0.886. The van der Waals surface area contributed by atoms with Gasteiger partial charge in [0.25, 0.3) is 0 Å². The van der Waals surface area contributed by atoms with Crippen LogP contribution in [0.1, 0.15) is 92.9 Å². The van der Waals surface area contributed by atoms with Crippen molar-refractivity contribution >= 4 is 0 Å². The van der Waals surface area contributed by atoms with Crippen molar-refractivity contribution < 1.29 is 4.48 Å². The molecule has 0 atom stereocenters. The van der Waals surface area contributed by atoms with Crippen molar-refractivity contribution in [2.45, 2.75) is 92.9 Å². The van der Waals surface area contributed by atoms with Gasteiger partial charge in [0.05, 0.1) is 26.2 Å². The Morgan fingerprint density at radius 3 is 1.27 bits per heavy atom. The topological polar surface area (TPSA) is 26.0 Å². The van der Waals surface area contributed by atoms with Crippen LogP contribution in [0.3, 0.4) is 0 Å². The third-order valence-electron chi connectivity index (χ3n) is 5.17. The number of hydrogen-bond donors (Lipinski definition) is 1. The molecule has 22 heavy (non-hydrogen) atoms. The first kappa shape index (κ1) is 24.2. The largest absolute Gasteiger partial charge is 0.330 e. The van der Waals surface area contributed by atoms with Crippen LogP contribution in [0.4, 0.5) is 0 Å². The molecule has 0 radical (unpaired) electrons. The highest BCUT2D eigenvalue weighted by Crippen LogP contribution is 2.11. The van der Waals surface area contributed by atoms with Crippen LogP contribution in [0, 0.1) is 5.92 Å². The highest BCUT2D eigenvalue weighted by Gasteiger charge is 2.16. The van der Waals surface area contributed by atoms with Gasteiger partial charge < -0.3 is 10.2 Å². The van der Waals surface area contributed by atoms with E-state index in [0.29, 0.717) is 0 Å². The van der Waals surface area contributed by atoms with E-state index < -0.39 is 0 Å². The molecule has 0 aliphatic heterocycles. The van der Waals surface area contributed by atoms with Crippen molar-refractivity contribution in [3.63, 3.8) is 0 Å². The molecule has 2 nitrogen and oxygen atoms in total. The molecular formula is C20H47N2+. The predicted octanol–water partition coefficient (Wildman–Crippen LogP) is 5.60. The minimum absolute atomic E-state index is 0.868. The summed E-state index contributed by atoms with van der Waals surface area (Å²) in [6.45, 7) is 19.7. The molecule has 136 valence electrons. The van der Waals surface area contributed by atoms with Gasteiger partial charge in [0.1, 0.15) is 0 Å². The third-order valence-corrected chi connectivity index (χ3v) is 5.17. The number of quaternary nitrogens is 1. The quantitative estimate of drug-likeness (QED) is 0.347. The Bertz CT molecular complexity index is 180. The van der Waals surface area contributed by atoms with Crippen molar-refractivity contribution in [2.75, 3.05) is 32.7 Å². The molecule has 2 heteroatoms. The fourth-order valence-electron chi connectivity index (χ4n) is 2.92. The first-order valence-corrected chi connectivity index (χ1v) is 10.1. The molecule has 0 aromatic heterocycles. The second-order valence-electron chi connectivity index (χ2n) is 7.05. The molecule has 0 unspecified atom stereocenters. The Morgan fingerprint density at radius 1 is 0.636 bits per heavy atom. The summed E-state index contributed by atoms with van der Waals surface area (Å²) in [6.07, 6.45) is 11.0. The van der Waals surface area contributed by atoms with Crippen LogP contribution in [0.5, 0.6) is 0 Å². The Labute approximate surface area is 142 Å². The van der Waals surface area contributed by atoms with E-state index in [9.17, 15) is 0 Å². The molecule has 0 heterocycles. The molecule has 0 bridgehead atoms. The molecule has 0 aromatic rings. The van der Waals surface area contributed by atoms with E-state index in [1.54, 1.807) is 0 Å². The molecule has 0 aromatic carbocycles. The van der Waals surface area contributed by atoms with Crippen molar-refractivity contribution in [3.05, 3.63) is 0 Å². The summed E-state index contributed by atoms with van der Waals surface area (Å²) in [5.41, 5.74) is 5.42. The van der Waals surface area contributed by atoms with Gasteiger partial charge in [-0.2, -0.15) is 0 Å². The lowest BCUT2D eigenvalue weighted by Gasteiger charge is -2.34. The highest BCUT2D eigenvalue weighted by molar-refractivity contribution is 4.49. The molecule has 0 amide bonds. The van der Waals surface area contributed by atoms with Gasteiger partial charge in [0.15, 0.2) is 0 Å². The SMILES string of the molecule is CC(C)CCCCCCCCCN.CC[N+](CC)(CC)CC. The molecule has 0 fully saturated rings. The predicted molar refractivity (Wildman–Crippen MR) is 103 cm³/mol. The molecule has 0 rings (SSSR count). The zero-order valence-corrected chi connectivity index (χ0v) is 16.8. The first-order valence-electron chi connectivity index (χ1n) is 10.1. The van der Waals surface area contributed by atoms with E-state index in [-0.39, 0.29) is 0 Å². The van der Waals surface area contributed by atoms with Crippen molar-refractivity contribution in [2.24, 2.45) is 11.7 Å². The van der Waals surface area contributed by atoms with Crippen molar-refractivity contribution in [1.82, 2.24) is 0 Å². The molecule has 0 saturated carbocycles. The van der Waals surface area contributed by atoms with Gasteiger partial charge in [-0.05, 0) is 46.6 Å². The van der Waals surface area contributed by atoms with E-state index in [1.165, 1.54) is 82.0 Å². The monoisotopic (exact) mass is 315 g/mol. The van der Waals surface area contributed by atoms with Crippen LogP contribution in [0.2, 0.25) is 0 Å². The number of hydrogen-bond acceptors (Lipinski definition) is 1. The fourth-order valence-corrected chi connectivity index (χ4v) is 2.92. The van der Waals surface area contributed by atoms with E-state index in [1.807, 2.05) is 0 Å². The van der Waals surface area contributed by atoms with Crippen LogP contribution < -0.4 is 5.73 Å². The first-order chi connectivity index (χ1) is 10.5. The van der Waals surface area contributed by atoms with Crippen LogP contribution >= 0.6 is 0 Å². The number of nitrogens with zero attached hydrogens (tertiary/aromatic N) is 1. The van der Waals surface area contributed by atoms with Crippen molar-refractivity contribution in [1.29, 1.82) is 0 Å². The van der Waals surface area contributed by atoms with Gasteiger partial charge in [-0.3, -0.25) is 0 Å². The van der Waals surface area contributed by atoms with Gasteiger partial charge in [-0.25, -0.2) is 0 Å². The Morgan fingerprint density at radius 2 is 1.00 bits per heavy atom. The second kappa shape index (κ2) is 17.3. The van der Waals surface area contributed by atoms with Gasteiger partial charge in [0, 0.05) is 0 Å². The second-order valence-corrected chi connectivity index (χ2v) is 7.05. The normalized spacial score (nSPS) is 11.5. The Balaban J connectivity index is 0. The van der Waals surface area contributed by atoms with Gasteiger partial charge in [0.2, 0.25) is 0 Å². The number of rotatable bonds is 13. The summed E-state index contributed by atoms with van der Waals surface area (Å²) >= 11 is 0. The summed E-state index contributed by atoms with van der Waals surface area (Å²) in [5, 5.41) is 0. The lowest BCUT2D eigenvalue weighted by atomic mass is 10.0. The van der Waals surface area contributed by atoms with E-state index in [0.717, 1.165) is 12.5 Å². The van der Waals surface area contributed by atoms with Gasteiger partial charge in [-0.1, -0.05) is 58.8 Å². The lowest BCUT2D eigenvalue weighted by Crippen LogP contribution is -2.47. The highest BCUT2D eigenvalue weighted by atomic mass is 15.3. The standard InChI is InChI=1S/C12H27N.C8H20N/c1-12(2)10-8-6-4-3-5-7-9-11-13;1-5-9(6-2,7-3)8-4/h12H,3-11,13H2,1-2H3;5-8H2,1-4H3/q;+1. The lowest BCUT2D eigenvalue weighted by molar-refractivity contribution is -0.921. The molecule has 0 saturated heterocycles. The van der Waals surface area contributed by atoms with Crippen LogP contribution in [0.15, 0.2) is 0 Å². The van der Waals surface area contributed by atoms with E-state index in [2.05, 4.69) is 41.5 Å². The Hall–Kier alpha value is -0.0800. The van der Waals surface area contributed by atoms with Crippen LogP contribution in [0.25, 0.3) is 0 Å². The number of unbranched alkanes of at least 4 members (excludes halogenated alkanes) is 6. The smallest absolute Gasteiger partial charge is 0.0757 e. The van der Waals surface area contributed by atoms with E-state index >= 15 is 0 Å². The summed E-state index contributed by atoms with van der Waals surface area (Å²) in [4.78, 5) is 0. The fraction of sp³-hybridized carbons (Fsp3) is 1.00. The number of nitrogens with two attached hydrogens (primary N) is 1. The van der Waals surface area contributed by atoms with Gasteiger partial charge in [-0.15, -0.1) is 0 Å². The zero-order valence-electron chi connectivity index (χ0n) is 16.8. The van der Waals surface area contributed by atoms with Gasteiger partial charge >= 0.3 is 0 Å². The minimum Gasteiger partial charge on any atom is -0.330 e. The maximum absolute atomic E-state index is 5.42. The third kappa shape index (κ3) is 14.8. The van der Waals surface area contributed by atoms with E-state index in [4.69, 9.17) is 5.73 Å². The Kier molecular flexibility index (Phi) is 19.0. The summed E-state index contributed by atoms with van der Waals surface area (Å²) in [7, 11) is 0.